The van der Waals surface area contributed by atoms with Crippen molar-refractivity contribution in [1.82, 2.24) is 4.90 Å². The zero-order valence-corrected chi connectivity index (χ0v) is 10.6. The van der Waals surface area contributed by atoms with E-state index in [-0.39, 0.29) is 6.54 Å². The summed E-state index contributed by atoms with van der Waals surface area (Å²) in [6, 6.07) is 6.57. The number of aliphatic carboxylic acids is 1. The number of methoxy groups -OCH3 is 1. The van der Waals surface area contributed by atoms with Crippen LogP contribution < -0.4 is 9.64 Å². The lowest BCUT2D eigenvalue weighted by Crippen LogP contribution is -2.41. The van der Waals surface area contributed by atoms with Crippen LogP contribution in [0.5, 0.6) is 5.75 Å². The third-order valence-corrected chi connectivity index (χ3v) is 2.43. The number of amides is 2. The molecule has 0 saturated carbocycles. The van der Waals surface area contributed by atoms with Crippen molar-refractivity contribution in [3.05, 3.63) is 24.3 Å². The first kappa shape index (κ1) is 13.8. The molecular formula is C12H16N2O4. The van der Waals surface area contributed by atoms with Crippen LogP contribution in [0.2, 0.25) is 0 Å². The molecule has 0 aliphatic carbocycles. The zero-order valence-electron chi connectivity index (χ0n) is 10.6. The maximum absolute atomic E-state index is 11.9. The van der Waals surface area contributed by atoms with Gasteiger partial charge in [-0.3, -0.25) is 9.69 Å². The molecule has 0 atom stereocenters. The first-order valence-corrected chi connectivity index (χ1v) is 5.30. The van der Waals surface area contributed by atoms with Crippen molar-refractivity contribution in [3.8, 4) is 5.75 Å². The van der Waals surface area contributed by atoms with Gasteiger partial charge in [0.05, 0.1) is 7.11 Å². The summed E-state index contributed by atoms with van der Waals surface area (Å²) < 4.78 is 5.06. The Labute approximate surface area is 105 Å². The molecule has 1 rings (SSSR count). The lowest BCUT2D eigenvalue weighted by molar-refractivity contribution is -0.137. The minimum Gasteiger partial charge on any atom is -0.497 e. The summed E-state index contributed by atoms with van der Waals surface area (Å²) in [5.41, 5.74) is 0.636. The normalized spacial score (nSPS) is 9.72. The van der Waals surface area contributed by atoms with Crippen LogP contribution in [-0.2, 0) is 4.79 Å². The second-order valence-electron chi connectivity index (χ2n) is 3.79. The molecule has 0 unspecified atom stereocenters. The molecule has 0 spiro atoms. The Bertz CT molecular complexity index is 447. The molecule has 18 heavy (non-hydrogen) atoms. The first-order valence-electron chi connectivity index (χ1n) is 5.30. The maximum Gasteiger partial charge on any atom is 0.324 e. The number of hydrogen-bond acceptors (Lipinski definition) is 3. The number of urea groups is 1. The molecular weight excluding hydrogens is 236 g/mol. The van der Waals surface area contributed by atoms with Crippen molar-refractivity contribution >= 4 is 17.7 Å². The van der Waals surface area contributed by atoms with Crippen molar-refractivity contribution in [2.24, 2.45) is 0 Å². The SMILES string of the molecule is COc1cccc(N(C)C(=O)N(C)CC(=O)O)c1. The highest BCUT2D eigenvalue weighted by Gasteiger charge is 2.17. The van der Waals surface area contributed by atoms with Gasteiger partial charge in [0.2, 0.25) is 0 Å². The van der Waals surface area contributed by atoms with E-state index < -0.39 is 12.0 Å². The van der Waals surface area contributed by atoms with Crippen LogP contribution in [-0.4, -0.2) is 49.8 Å². The summed E-state index contributed by atoms with van der Waals surface area (Å²) in [5.74, 6) is -0.419. The van der Waals surface area contributed by atoms with Gasteiger partial charge in [0, 0.05) is 25.8 Å². The predicted octanol–water partition coefficient (Wildman–Crippen LogP) is 1.27. The molecule has 0 aromatic heterocycles. The molecule has 6 heteroatoms. The van der Waals surface area contributed by atoms with Gasteiger partial charge in [0.25, 0.3) is 0 Å². The zero-order chi connectivity index (χ0) is 13.7. The van der Waals surface area contributed by atoms with E-state index in [1.165, 1.54) is 19.1 Å². The number of hydrogen-bond donors (Lipinski definition) is 1. The van der Waals surface area contributed by atoms with Gasteiger partial charge in [-0.15, -0.1) is 0 Å². The Balaban J connectivity index is 2.82. The molecule has 98 valence electrons. The van der Waals surface area contributed by atoms with Gasteiger partial charge in [-0.05, 0) is 12.1 Å². The minimum atomic E-state index is -1.05. The summed E-state index contributed by atoms with van der Waals surface area (Å²) in [6.07, 6.45) is 0. The van der Waals surface area contributed by atoms with Gasteiger partial charge in [0.1, 0.15) is 12.3 Å². The quantitative estimate of drug-likeness (QED) is 0.876. The number of nitrogens with zero attached hydrogens (tertiary/aromatic N) is 2. The van der Waals surface area contributed by atoms with Crippen LogP contribution in [0, 0.1) is 0 Å². The van der Waals surface area contributed by atoms with Crippen molar-refractivity contribution in [1.29, 1.82) is 0 Å². The van der Waals surface area contributed by atoms with Crippen LogP contribution in [0.3, 0.4) is 0 Å². The summed E-state index contributed by atoms with van der Waals surface area (Å²) in [6.45, 7) is -0.340. The Hall–Kier alpha value is -2.24. The molecule has 0 aliphatic heterocycles. The summed E-state index contributed by atoms with van der Waals surface area (Å²) in [4.78, 5) is 25.0. The van der Waals surface area contributed by atoms with E-state index in [4.69, 9.17) is 9.84 Å². The molecule has 0 heterocycles. The second kappa shape index (κ2) is 5.90. The fourth-order valence-electron chi connectivity index (χ4n) is 1.46. The largest absolute Gasteiger partial charge is 0.497 e. The molecule has 0 aliphatic rings. The highest BCUT2D eigenvalue weighted by atomic mass is 16.5. The fraction of sp³-hybridized carbons (Fsp3) is 0.333. The van der Waals surface area contributed by atoms with Crippen molar-refractivity contribution in [2.45, 2.75) is 0 Å². The number of carbonyl (C=O) groups excluding carboxylic acids is 1. The molecule has 0 fully saturated rings. The number of carboxylic acids is 1. The second-order valence-corrected chi connectivity index (χ2v) is 3.79. The monoisotopic (exact) mass is 252 g/mol. The number of benzene rings is 1. The van der Waals surface area contributed by atoms with Gasteiger partial charge in [-0.2, -0.15) is 0 Å². The van der Waals surface area contributed by atoms with Gasteiger partial charge >= 0.3 is 12.0 Å². The van der Waals surface area contributed by atoms with Gasteiger partial charge in [-0.25, -0.2) is 4.79 Å². The van der Waals surface area contributed by atoms with E-state index in [2.05, 4.69) is 0 Å². The standard InChI is InChI=1S/C12H16N2O4/c1-13(8-11(15)16)12(17)14(2)9-5-4-6-10(7-9)18-3/h4-7H,8H2,1-3H3,(H,15,16). The van der Waals surface area contributed by atoms with Crippen LogP contribution in [0.1, 0.15) is 0 Å². The predicted molar refractivity (Wildman–Crippen MR) is 67.1 cm³/mol. The third kappa shape index (κ3) is 3.38. The molecule has 1 aromatic carbocycles. The topological polar surface area (TPSA) is 70.1 Å². The first-order chi connectivity index (χ1) is 8.45. The Morgan fingerprint density at radius 3 is 2.56 bits per heavy atom. The van der Waals surface area contributed by atoms with E-state index in [9.17, 15) is 9.59 Å². The Morgan fingerprint density at radius 1 is 1.33 bits per heavy atom. The summed E-state index contributed by atoms with van der Waals surface area (Å²) >= 11 is 0. The molecule has 0 radical (unpaired) electrons. The van der Waals surface area contributed by atoms with Crippen molar-refractivity contribution in [3.63, 3.8) is 0 Å². The molecule has 2 amide bonds. The highest BCUT2D eigenvalue weighted by Crippen LogP contribution is 2.20. The van der Waals surface area contributed by atoms with Crippen LogP contribution in [0.15, 0.2) is 24.3 Å². The number of rotatable bonds is 4. The number of carbonyl (C=O) groups is 2. The number of likely N-dealkylation sites (N-methyl/N-ethyl adjacent to an activating group) is 1. The van der Waals surface area contributed by atoms with Crippen molar-refractivity contribution < 1.29 is 19.4 Å². The van der Waals surface area contributed by atoms with Gasteiger partial charge < -0.3 is 14.7 Å². The van der Waals surface area contributed by atoms with E-state index in [1.54, 1.807) is 31.3 Å². The lowest BCUT2D eigenvalue weighted by Gasteiger charge is -2.23. The molecule has 1 aromatic rings. The van der Waals surface area contributed by atoms with Crippen LogP contribution in [0.4, 0.5) is 10.5 Å². The smallest absolute Gasteiger partial charge is 0.324 e. The maximum atomic E-state index is 11.9. The van der Waals surface area contributed by atoms with Crippen molar-refractivity contribution in [2.75, 3.05) is 32.6 Å². The van der Waals surface area contributed by atoms with Gasteiger partial charge in [0.15, 0.2) is 0 Å². The van der Waals surface area contributed by atoms with E-state index in [0.717, 1.165) is 4.90 Å². The average molecular weight is 252 g/mol. The number of ether oxygens (including phenoxy) is 1. The highest BCUT2D eigenvalue weighted by molar-refractivity contribution is 5.93. The van der Waals surface area contributed by atoms with E-state index >= 15 is 0 Å². The fourth-order valence-corrected chi connectivity index (χ4v) is 1.46. The third-order valence-electron chi connectivity index (χ3n) is 2.43. The summed E-state index contributed by atoms with van der Waals surface area (Å²) in [5, 5.41) is 8.63. The lowest BCUT2D eigenvalue weighted by atomic mass is 10.3. The van der Waals surface area contributed by atoms with Gasteiger partial charge in [-0.1, -0.05) is 6.07 Å². The Morgan fingerprint density at radius 2 is 2.00 bits per heavy atom. The molecule has 0 saturated heterocycles. The van der Waals surface area contributed by atoms with E-state index in [0.29, 0.717) is 11.4 Å². The molecule has 1 N–H and O–H groups in total. The molecule has 0 bridgehead atoms. The summed E-state index contributed by atoms with van der Waals surface area (Å²) in [7, 11) is 4.56. The van der Waals surface area contributed by atoms with Crippen LogP contribution >= 0.6 is 0 Å². The molecule has 6 nitrogen and oxygen atoms in total. The Kier molecular flexibility index (Phi) is 4.53. The van der Waals surface area contributed by atoms with E-state index in [1.807, 2.05) is 0 Å². The number of anilines is 1. The average Bonchev–Trinajstić information content (AvgIpc) is 2.36. The van der Waals surface area contributed by atoms with Crippen LogP contribution in [0.25, 0.3) is 0 Å². The number of carboxylic acid groups (broad SMARTS) is 1. The minimum absolute atomic E-state index is 0.340.